The number of hydrogen-bond acceptors (Lipinski definition) is 0. The molecule has 1 rings (SSSR count). The Morgan fingerprint density at radius 1 is 1.36 bits per heavy atom. The highest BCUT2D eigenvalue weighted by Gasteiger charge is 2.07. The Morgan fingerprint density at radius 2 is 2.09 bits per heavy atom. The van der Waals surface area contributed by atoms with Gasteiger partial charge in [0, 0.05) is 0 Å². The molecule has 0 fully saturated rings. The maximum atomic E-state index is 2.36. The minimum atomic E-state index is 1.26. The molecule has 0 bridgehead atoms. The molecule has 0 heterocycles. The predicted octanol–water partition coefficient (Wildman–Crippen LogP) is 3.84. The molecule has 0 atom stereocenters. The lowest BCUT2D eigenvalue weighted by atomic mass is 9.90. The Hall–Kier alpha value is -0.520. The van der Waals surface area contributed by atoms with Crippen LogP contribution in [-0.4, -0.2) is 0 Å². The van der Waals surface area contributed by atoms with E-state index in [0.717, 1.165) is 0 Å². The minimum absolute atomic E-state index is 1.26. The van der Waals surface area contributed by atoms with E-state index in [9.17, 15) is 0 Å². The van der Waals surface area contributed by atoms with E-state index in [1.165, 1.54) is 31.3 Å². The second-order valence-electron chi connectivity index (χ2n) is 3.40. The predicted molar refractivity (Wildman–Crippen MR) is 50.6 cm³/mol. The molecule has 1 aliphatic rings. The summed E-state index contributed by atoms with van der Waals surface area (Å²) in [6, 6.07) is 0. The smallest absolute Gasteiger partial charge is 0.0280 e. The van der Waals surface area contributed by atoms with E-state index in [-0.39, 0.29) is 0 Å². The normalized spacial score (nSPS) is 18.6. The molecule has 0 aliphatic heterocycles. The molecule has 0 unspecified atom stereocenters. The Bertz CT molecular complexity index is 194. The van der Waals surface area contributed by atoms with Crippen molar-refractivity contribution in [3.63, 3.8) is 0 Å². The van der Waals surface area contributed by atoms with Crippen LogP contribution in [0.4, 0.5) is 0 Å². The molecular weight excluding hydrogens is 132 g/mol. The molecule has 0 aromatic rings. The number of allylic oxidation sites excluding steroid dienone is 4. The van der Waals surface area contributed by atoms with Gasteiger partial charge in [-0.05, 0) is 38.7 Å². The van der Waals surface area contributed by atoms with Gasteiger partial charge in [0.25, 0.3) is 0 Å². The van der Waals surface area contributed by atoms with E-state index in [4.69, 9.17) is 0 Å². The summed E-state index contributed by atoms with van der Waals surface area (Å²) >= 11 is 0. The fraction of sp³-hybridized carbons (Fsp3) is 0.636. The minimum Gasteiger partial charge on any atom is -0.0810 e. The van der Waals surface area contributed by atoms with E-state index in [2.05, 4.69) is 26.8 Å². The molecule has 0 saturated heterocycles. The third kappa shape index (κ3) is 1.95. The highest BCUT2D eigenvalue weighted by atomic mass is 14.1. The highest BCUT2D eigenvalue weighted by molar-refractivity contribution is 5.35. The summed E-state index contributed by atoms with van der Waals surface area (Å²) < 4.78 is 0. The average molecular weight is 150 g/mol. The first-order valence-electron chi connectivity index (χ1n) is 4.61. The van der Waals surface area contributed by atoms with Gasteiger partial charge in [-0.15, -0.1) is 0 Å². The molecule has 0 amide bonds. The van der Waals surface area contributed by atoms with E-state index in [0.29, 0.717) is 0 Å². The van der Waals surface area contributed by atoms with Gasteiger partial charge < -0.3 is 0 Å². The van der Waals surface area contributed by atoms with Crippen molar-refractivity contribution in [1.29, 1.82) is 0 Å². The molecule has 11 heavy (non-hydrogen) atoms. The summed E-state index contributed by atoms with van der Waals surface area (Å²) in [6.45, 7) is 6.74. The van der Waals surface area contributed by atoms with E-state index < -0.39 is 0 Å². The fourth-order valence-electron chi connectivity index (χ4n) is 1.70. The molecule has 0 nitrogen and oxygen atoms in total. The van der Waals surface area contributed by atoms with E-state index in [1.54, 1.807) is 11.1 Å². The first-order chi connectivity index (χ1) is 5.25. The van der Waals surface area contributed by atoms with Crippen LogP contribution in [0.3, 0.4) is 0 Å². The fourth-order valence-corrected chi connectivity index (χ4v) is 1.70. The Kier molecular flexibility index (Phi) is 2.92. The second-order valence-corrected chi connectivity index (χ2v) is 3.40. The van der Waals surface area contributed by atoms with Crippen LogP contribution >= 0.6 is 0 Å². The van der Waals surface area contributed by atoms with Gasteiger partial charge >= 0.3 is 0 Å². The van der Waals surface area contributed by atoms with Crippen molar-refractivity contribution in [2.75, 3.05) is 0 Å². The molecular formula is C11H18. The van der Waals surface area contributed by atoms with Crippen LogP contribution < -0.4 is 0 Å². The third-order valence-electron chi connectivity index (χ3n) is 2.57. The lowest BCUT2D eigenvalue weighted by Crippen LogP contribution is -1.96. The summed E-state index contributed by atoms with van der Waals surface area (Å²) in [4.78, 5) is 0. The van der Waals surface area contributed by atoms with Crippen molar-refractivity contribution in [2.45, 2.75) is 46.5 Å². The van der Waals surface area contributed by atoms with Gasteiger partial charge in [0.15, 0.2) is 0 Å². The number of rotatable bonds is 2. The Labute approximate surface area is 70.0 Å². The zero-order valence-corrected chi connectivity index (χ0v) is 7.91. The van der Waals surface area contributed by atoms with Crippen molar-refractivity contribution in [3.05, 3.63) is 22.8 Å². The molecule has 1 aliphatic carbocycles. The van der Waals surface area contributed by atoms with Crippen LogP contribution in [0, 0.1) is 0 Å². The van der Waals surface area contributed by atoms with Crippen molar-refractivity contribution < 1.29 is 0 Å². The molecule has 0 heteroatoms. The van der Waals surface area contributed by atoms with Crippen LogP contribution in [0.1, 0.15) is 46.5 Å². The van der Waals surface area contributed by atoms with Crippen LogP contribution in [-0.2, 0) is 0 Å². The van der Waals surface area contributed by atoms with Crippen LogP contribution in [0.5, 0.6) is 0 Å². The van der Waals surface area contributed by atoms with E-state index in [1.807, 2.05) is 0 Å². The monoisotopic (exact) mass is 150 g/mol. The van der Waals surface area contributed by atoms with Crippen molar-refractivity contribution >= 4 is 0 Å². The van der Waals surface area contributed by atoms with Gasteiger partial charge in [-0.2, -0.15) is 0 Å². The second kappa shape index (κ2) is 3.75. The van der Waals surface area contributed by atoms with Crippen LogP contribution in [0.15, 0.2) is 22.8 Å². The highest BCUT2D eigenvalue weighted by Crippen LogP contribution is 2.27. The summed E-state index contributed by atoms with van der Waals surface area (Å²) in [5.41, 5.74) is 4.74. The Balaban J connectivity index is 2.74. The molecule has 0 N–H and O–H groups in total. The molecule has 0 saturated carbocycles. The molecule has 0 aromatic heterocycles. The van der Waals surface area contributed by atoms with Crippen LogP contribution in [0.25, 0.3) is 0 Å². The average Bonchev–Trinajstić information content (AvgIpc) is 1.99. The maximum absolute atomic E-state index is 2.36. The third-order valence-corrected chi connectivity index (χ3v) is 2.57. The summed E-state index contributed by atoms with van der Waals surface area (Å²) in [6.07, 6.45) is 7.51. The van der Waals surface area contributed by atoms with Gasteiger partial charge in [-0.25, -0.2) is 0 Å². The van der Waals surface area contributed by atoms with Crippen molar-refractivity contribution in [1.82, 2.24) is 0 Å². The standard InChI is InChI=1S/C11H18/c1-4-6-11-8-5-7-9(2)10(11)3/h7H,4-6,8H2,1-3H3. The van der Waals surface area contributed by atoms with Crippen molar-refractivity contribution in [3.8, 4) is 0 Å². The number of hydrogen-bond donors (Lipinski definition) is 0. The van der Waals surface area contributed by atoms with Crippen LogP contribution in [0.2, 0.25) is 0 Å². The van der Waals surface area contributed by atoms with Gasteiger partial charge in [0.05, 0.1) is 0 Å². The lowest BCUT2D eigenvalue weighted by molar-refractivity contribution is 0.798. The quantitative estimate of drug-likeness (QED) is 0.561. The summed E-state index contributed by atoms with van der Waals surface area (Å²) in [7, 11) is 0. The van der Waals surface area contributed by atoms with Gasteiger partial charge in [0.2, 0.25) is 0 Å². The van der Waals surface area contributed by atoms with Gasteiger partial charge in [0.1, 0.15) is 0 Å². The first kappa shape index (κ1) is 8.58. The SMILES string of the molecule is CCCC1=C(C)C(C)=CCC1. The largest absolute Gasteiger partial charge is 0.0810 e. The van der Waals surface area contributed by atoms with Crippen molar-refractivity contribution in [2.24, 2.45) is 0 Å². The summed E-state index contributed by atoms with van der Waals surface area (Å²) in [5.74, 6) is 0. The van der Waals surface area contributed by atoms with E-state index >= 15 is 0 Å². The molecule has 0 spiro atoms. The zero-order valence-electron chi connectivity index (χ0n) is 7.91. The molecule has 0 aromatic carbocycles. The first-order valence-corrected chi connectivity index (χ1v) is 4.61. The zero-order chi connectivity index (χ0) is 8.27. The Morgan fingerprint density at radius 3 is 2.73 bits per heavy atom. The topological polar surface area (TPSA) is 0 Å². The molecule has 0 radical (unpaired) electrons. The van der Waals surface area contributed by atoms with Gasteiger partial charge in [-0.1, -0.05) is 30.6 Å². The molecule has 62 valence electrons. The maximum Gasteiger partial charge on any atom is -0.0280 e. The van der Waals surface area contributed by atoms with Gasteiger partial charge in [-0.3, -0.25) is 0 Å². The summed E-state index contributed by atoms with van der Waals surface area (Å²) in [5, 5.41) is 0. The lowest BCUT2D eigenvalue weighted by Gasteiger charge is -2.16.